The van der Waals surface area contributed by atoms with Crippen LogP contribution in [0.25, 0.3) is 5.52 Å². The van der Waals surface area contributed by atoms with E-state index >= 15 is 0 Å². The summed E-state index contributed by atoms with van der Waals surface area (Å²) in [5.74, 6) is 0.251. The van der Waals surface area contributed by atoms with Crippen LogP contribution in [-0.4, -0.2) is 20.8 Å². The number of hydrogen-bond donors (Lipinski definition) is 1. The van der Waals surface area contributed by atoms with Crippen LogP contribution in [0.1, 0.15) is 23.8 Å². The normalized spacial score (nSPS) is 12.7. The average molecular weight is 436 g/mol. The Morgan fingerprint density at radius 2 is 2.29 bits per heavy atom. The number of nitrogens with zero attached hydrogens (tertiary/aromatic N) is 3. The second-order valence-electron chi connectivity index (χ2n) is 5.35. The van der Waals surface area contributed by atoms with Gasteiger partial charge in [-0.15, -0.1) is 16.4 Å². The Morgan fingerprint density at radius 3 is 2.96 bits per heavy atom. The Balaban J connectivity index is 1.92. The summed E-state index contributed by atoms with van der Waals surface area (Å²) in [4.78, 5) is 4.77. The predicted octanol–water partition coefficient (Wildman–Crippen LogP) is 5.25. The molecule has 0 aliphatic heterocycles. The van der Waals surface area contributed by atoms with Crippen molar-refractivity contribution in [3.8, 4) is 0 Å². The Hall–Kier alpha value is -1.25. The lowest BCUT2D eigenvalue weighted by molar-refractivity contribution is 0.341. The van der Waals surface area contributed by atoms with Gasteiger partial charge in [-0.05, 0) is 70.4 Å². The maximum absolute atomic E-state index is 13.6. The molecule has 3 heterocycles. The van der Waals surface area contributed by atoms with Crippen LogP contribution in [-0.2, 0) is 13.0 Å². The van der Waals surface area contributed by atoms with Crippen LogP contribution >= 0.6 is 38.9 Å². The van der Waals surface area contributed by atoms with Crippen LogP contribution in [0, 0.1) is 5.82 Å². The van der Waals surface area contributed by atoms with Crippen LogP contribution < -0.4 is 5.32 Å². The predicted molar refractivity (Wildman–Crippen MR) is 96.2 cm³/mol. The van der Waals surface area contributed by atoms with Crippen LogP contribution in [0.2, 0.25) is 5.28 Å². The molecule has 0 radical (unpaired) electrons. The number of alkyl halides is 1. The third-order valence-electron chi connectivity index (χ3n) is 3.54. The van der Waals surface area contributed by atoms with Gasteiger partial charge in [0.2, 0.25) is 5.28 Å². The molecular weight excluding hydrogens is 422 g/mol. The molecule has 0 saturated carbocycles. The molecule has 9 heteroatoms. The Kier molecular flexibility index (Phi) is 5.36. The quantitative estimate of drug-likeness (QED) is 0.575. The maximum atomic E-state index is 13.6. The van der Waals surface area contributed by atoms with Crippen molar-refractivity contribution in [2.45, 2.75) is 32.5 Å². The Bertz CT molecular complexity index is 865. The zero-order valence-electron chi connectivity index (χ0n) is 12.7. The summed E-state index contributed by atoms with van der Waals surface area (Å²) < 4.78 is 29.0. The van der Waals surface area contributed by atoms with E-state index in [0.29, 0.717) is 40.2 Å². The van der Waals surface area contributed by atoms with E-state index in [9.17, 15) is 8.78 Å². The molecule has 24 heavy (non-hydrogen) atoms. The van der Waals surface area contributed by atoms with Gasteiger partial charge < -0.3 is 5.32 Å². The minimum absolute atomic E-state index is 0.0679. The van der Waals surface area contributed by atoms with Crippen molar-refractivity contribution in [1.29, 1.82) is 0 Å². The summed E-state index contributed by atoms with van der Waals surface area (Å²) in [6, 6.07) is 3.31. The van der Waals surface area contributed by atoms with E-state index in [0.717, 1.165) is 5.56 Å². The number of nitrogens with one attached hydrogen (secondary N) is 1. The van der Waals surface area contributed by atoms with Crippen molar-refractivity contribution in [3.05, 3.63) is 43.7 Å². The smallest absolute Gasteiger partial charge is 0.243 e. The molecule has 1 atom stereocenters. The minimum atomic E-state index is -0.881. The van der Waals surface area contributed by atoms with E-state index < -0.39 is 6.17 Å². The molecule has 1 unspecified atom stereocenters. The molecule has 0 aromatic carbocycles. The van der Waals surface area contributed by atoms with Gasteiger partial charge in [0, 0.05) is 0 Å². The van der Waals surface area contributed by atoms with Crippen LogP contribution in [0.3, 0.4) is 0 Å². The average Bonchev–Trinajstić information content (AvgIpc) is 3.07. The summed E-state index contributed by atoms with van der Waals surface area (Å²) in [6.07, 6.45) is 0.104. The zero-order valence-corrected chi connectivity index (χ0v) is 15.9. The third kappa shape index (κ3) is 3.70. The molecule has 0 spiro atoms. The molecule has 0 fully saturated rings. The molecule has 3 aromatic heterocycles. The summed E-state index contributed by atoms with van der Waals surface area (Å²) in [6.45, 7) is 1.83. The molecule has 0 aliphatic carbocycles. The van der Waals surface area contributed by atoms with Gasteiger partial charge in [-0.1, -0.05) is 0 Å². The highest BCUT2D eigenvalue weighted by Crippen LogP contribution is 2.28. The molecule has 0 saturated heterocycles. The van der Waals surface area contributed by atoms with E-state index in [1.54, 1.807) is 9.90 Å². The van der Waals surface area contributed by atoms with E-state index in [4.69, 9.17) is 11.6 Å². The number of halogens is 4. The van der Waals surface area contributed by atoms with Gasteiger partial charge >= 0.3 is 0 Å². The summed E-state index contributed by atoms with van der Waals surface area (Å²) in [7, 11) is 0. The van der Waals surface area contributed by atoms with Gasteiger partial charge in [0.15, 0.2) is 5.82 Å². The molecule has 3 rings (SSSR count). The van der Waals surface area contributed by atoms with Crippen LogP contribution in [0.5, 0.6) is 0 Å². The van der Waals surface area contributed by atoms with Gasteiger partial charge in [0.1, 0.15) is 15.9 Å². The molecule has 0 bridgehead atoms. The van der Waals surface area contributed by atoms with Crippen LogP contribution in [0.4, 0.5) is 14.6 Å². The number of aryl methyl sites for hydroxylation is 1. The highest BCUT2D eigenvalue weighted by molar-refractivity contribution is 9.10. The van der Waals surface area contributed by atoms with E-state index in [2.05, 4.69) is 31.3 Å². The Labute approximate surface area is 155 Å². The largest absolute Gasteiger partial charge is 0.363 e. The lowest BCUT2D eigenvalue weighted by atomic mass is 10.1. The highest BCUT2D eigenvalue weighted by Gasteiger charge is 2.16. The van der Waals surface area contributed by atoms with Gasteiger partial charge in [-0.2, -0.15) is 4.98 Å². The first kappa shape index (κ1) is 17.6. The monoisotopic (exact) mass is 434 g/mol. The van der Waals surface area contributed by atoms with Gasteiger partial charge in [0.05, 0.1) is 17.6 Å². The molecule has 3 aromatic rings. The minimum Gasteiger partial charge on any atom is -0.363 e. The molecule has 0 aliphatic rings. The maximum Gasteiger partial charge on any atom is 0.243 e. The first-order chi connectivity index (χ1) is 11.5. The van der Waals surface area contributed by atoms with E-state index in [-0.39, 0.29) is 11.1 Å². The SMILES string of the molecule is CC(F)CCc1cc2c(NCc3sccc3F)nc(Cl)nn2c1Br. The fourth-order valence-electron chi connectivity index (χ4n) is 2.32. The van der Waals surface area contributed by atoms with Crippen molar-refractivity contribution >= 4 is 50.2 Å². The number of rotatable bonds is 6. The van der Waals surface area contributed by atoms with Crippen molar-refractivity contribution in [2.75, 3.05) is 5.32 Å². The van der Waals surface area contributed by atoms with Crippen LogP contribution in [0.15, 0.2) is 22.1 Å². The fraction of sp³-hybridized carbons (Fsp3) is 0.333. The van der Waals surface area contributed by atoms with E-state index in [1.807, 2.05) is 6.07 Å². The summed E-state index contributed by atoms with van der Waals surface area (Å²) in [5.41, 5.74) is 1.62. The second kappa shape index (κ2) is 7.33. The first-order valence-electron chi connectivity index (χ1n) is 7.29. The first-order valence-corrected chi connectivity index (χ1v) is 9.34. The zero-order chi connectivity index (χ0) is 17.3. The van der Waals surface area contributed by atoms with Gasteiger partial charge in [-0.25, -0.2) is 13.3 Å². The lowest BCUT2D eigenvalue weighted by Crippen LogP contribution is -2.05. The molecule has 128 valence electrons. The topological polar surface area (TPSA) is 42.2 Å². The summed E-state index contributed by atoms with van der Waals surface area (Å²) in [5, 5.41) is 9.02. The standard InChI is InChI=1S/C15H14BrClF2N4S/c1-8(18)2-3-9-6-11-14(20-7-12-10(19)4-5-24-12)21-15(17)22-23(11)13(9)16/h4-6,8H,2-3,7H2,1H3,(H,20,21,22). The third-order valence-corrected chi connectivity index (χ3v) is 5.44. The molecule has 0 amide bonds. The number of fused-ring (bicyclic) bond motifs is 1. The lowest BCUT2D eigenvalue weighted by Gasteiger charge is -2.07. The van der Waals surface area contributed by atoms with Crippen molar-refractivity contribution in [2.24, 2.45) is 0 Å². The molecule has 1 N–H and O–H groups in total. The van der Waals surface area contributed by atoms with Crippen molar-refractivity contribution in [3.63, 3.8) is 0 Å². The van der Waals surface area contributed by atoms with Crippen molar-refractivity contribution < 1.29 is 8.78 Å². The van der Waals surface area contributed by atoms with E-state index in [1.165, 1.54) is 24.3 Å². The number of aromatic nitrogens is 3. The number of thiophene rings is 1. The fourth-order valence-corrected chi connectivity index (χ4v) is 3.75. The second-order valence-corrected chi connectivity index (χ2v) is 7.44. The number of hydrogen-bond acceptors (Lipinski definition) is 4. The number of anilines is 1. The molecular formula is C15H14BrClF2N4S. The summed E-state index contributed by atoms with van der Waals surface area (Å²) >= 11 is 10.8. The van der Waals surface area contributed by atoms with Gasteiger partial charge in [0.25, 0.3) is 0 Å². The van der Waals surface area contributed by atoms with Crippen molar-refractivity contribution in [1.82, 2.24) is 14.6 Å². The molecule has 4 nitrogen and oxygen atoms in total. The van der Waals surface area contributed by atoms with Gasteiger partial charge in [-0.3, -0.25) is 0 Å². The highest BCUT2D eigenvalue weighted by atomic mass is 79.9. The Morgan fingerprint density at radius 1 is 1.50 bits per heavy atom.